The van der Waals surface area contributed by atoms with Gasteiger partial charge in [-0.15, -0.1) is 11.3 Å². The molecule has 1 aromatic heterocycles. The zero-order valence-corrected chi connectivity index (χ0v) is 13.9. The zero-order chi connectivity index (χ0) is 14.1. The standard InChI is InChI=1S/C16H28N2S/c1-15(2,3)17-10-13-6-7-14(19-13)11-18-9-8-16(4,5)12-18/h6-7,17H,8-12H2,1-5H3. The fraction of sp³-hybridized carbons (Fsp3) is 0.750. The van der Waals surface area contributed by atoms with Gasteiger partial charge in [-0.25, -0.2) is 0 Å². The maximum absolute atomic E-state index is 3.56. The van der Waals surface area contributed by atoms with E-state index in [-0.39, 0.29) is 5.54 Å². The molecule has 1 aromatic rings. The second-order valence-electron chi connectivity index (χ2n) is 7.60. The maximum atomic E-state index is 3.56. The first-order chi connectivity index (χ1) is 8.73. The van der Waals surface area contributed by atoms with E-state index in [0.717, 1.165) is 13.1 Å². The van der Waals surface area contributed by atoms with E-state index in [1.807, 2.05) is 11.3 Å². The number of nitrogens with zero attached hydrogens (tertiary/aromatic N) is 1. The Bertz CT molecular complexity index is 415. The summed E-state index contributed by atoms with van der Waals surface area (Å²) < 4.78 is 0. The van der Waals surface area contributed by atoms with Crippen molar-refractivity contribution in [3.05, 3.63) is 21.9 Å². The van der Waals surface area contributed by atoms with Crippen molar-refractivity contribution in [1.82, 2.24) is 10.2 Å². The number of rotatable bonds is 4. The lowest BCUT2D eigenvalue weighted by molar-refractivity contribution is 0.286. The Balaban J connectivity index is 1.84. The Hall–Kier alpha value is -0.380. The van der Waals surface area contributed by atoms with Gasteiger partial charge in [0.05, 0.1) is 0 Å². The van der Waals surface area contributed by atoms with Gasteiger partial charge in [0.15, 0.2) is 0 Å². The number of thiophene rings is 1. The zero-order valence-electron chi connectivity index (χ0n) is 13.0. The maximum Gasteiger partial charge on any atom is 0.0328 e. The summed E-state index contributed by atoms with van der Waals surface area (Å²) in [5, 5.41) is 3.56. The van der Waals surface area contributed by atoms with Gasteiger partial charge in [-0.1, -0.05) is 13.8 Å². The van der Waals surface area contributed by atoms with Crippen LogP contribution in [0.4, 0.5) is 0 Å². The minimum absolute atomic E-state index is 0.198. The van der Waals surface area contributed by atoms with Gasteiger partial charge in [0.1, 0.15) is 0 Å². The molecule has 0 unspecified atom stereocenters. The van der Waals surface area contributed by atoms with Crippen LogP contribution in [0, 0.1) is 5.41 Å². The van der Waals surface area contributed by atoms with Gasteiger partial charge in [-0.3, -0.25) is 4.90 Å². The van der Waals surface area contributed by atoms with Crippen LogP contribution in [-0.4, -0.2) is 23.5 Å². The van der Waals surface area contributed by atoms with Gasteiger partial charge >= 0.3 is 0 Å². The van der Waals surface area contributed by atoms with Crippen LogP contribution >= 0.6 is 11.3 Å². The van der Waals surface area contributed by atoms with E-state index in [0.29, 0.717) is 5.41 Å². The minimum Gasteiger partial charge on any atom is -0.307 e. The molecule has 1 aliphatic heterocycles. The molecular weight excluding hydrogens is 252 g/mol. The van der Waals surface area contributed by atoms with Gasteiger partial charge < -0.3 is 5.32 Å². The fourth-order valence-electron chi connectivity index (χ4n) is 2.53. The van der Waals surface area contributed by atoms with Crippen LogP contribution in [0.2, 0.25) is 0 Å². The second-order valence-corrected chi connectivity index (χ2v) is 8.85. The first-order valence-corrected chi connectivity index (χ1v) is 8.10. The summed E-state index contributed by atoms with van der Waals surface area (Å²) in [7, 11) is 0. The van der Waals surface area contributed by atoms with Crippen LogP contribution in [0.5, 0.6) is 0 Å². The highest BCUT2D eigenvalue weighted by molar-refractivity contribution is 7.11. The lowest BCUT2D eigenvalue weighted by atomic mass is 9.93. The quantitative estimate of drug-likeness (QED) is 0.900. The van der Waals surface area contributed by atoms with Crippen LogP contribution in [0.25, 0.3) is 0 Å². The molecule has 0 saturated carbocycles. The molecule has 1 saturated heterocycles. The molecule has 2 heterocycles. The molecule has 1 N–H and O–H groups in total. The topological polar surface area (TPSA) is 15.3 Å². The number of likely N-dealkylation sites (tertiary alicyclic amines) is 1. The molecular formula is C16H28N2S. The van der Waals surface area contributed by atoms with Crippen molar-refractivity contribution in [3.63, 3.8) is 0 Å². The highest BCUT2D eigenvalue weighted by Crippen LogP contribution is 2.30. The smallest absolute Gasteiger partial charge is 0.0328 e. The molecule has 2 nitrogen and oxygen atoms in total. The Labute approximate surface area is 122 Å². The van der Waals surface area contributed by atoms with E-state index in [9.17, 15) is 0 Å². The monoisotopic (exact) mass is 280 g/mol. The predicted octanol–water partition coefficient (Wildman–Crippen LogP) is 3.87. The average Bonchev–Trinajstić information content (AvgIpc) is 2.82. The molecule has 0 aromatic carbocycles. The van der Waals surface area contributed by atoms with Crippen LogP contribution in [0.3, 0.4) is 0 Å². The van der Waals surface area contributed by atoms with Crippen LogP contribution < -0.4 is 5.32 Å². The van der Waals surface area contributed by atoms with Gasteiger partial charge in [0.25, 0.3) is 0 Å². The van der Waals surface area contributed by atoms with E-state index in [1.54, 1.807) is 0 Å². The van der Waals surface area contributed by atoms with Crippen molar-refractivity contribution in [2.24, 2.45) is 5.41 Å². The Morgan fingerprint density at radius 2 is 1.95 bits per heavy atom. The summed E-state index contributed by atoms with van der Waals surface area (Å²) in [6.45, 7) is 16.0. The van der Waals surface area contributed by atoms with Crippen molar-refractivity contribution in [3.8, 4) is 0 Å². The molecule has 19 heavy (non-hydrogen) atoms. The molecule has 0 spiro atoms. The molecule has 0 bridgehead atoms. The van der Waals surface area contributed by atoms with Crippen molar-refractivity contribution in [1.29, 1.82) is 0 Å². The van der Waals surface area contributed by atoms with Crippen LogP contribution in [0.15, 0.2) is 12.1 Å². The first kappa shape index (κ1) is 15.0. The van der Waals surface area contributed by atoms with Crippen LogP contribution in [0.1, 0.15) is 50.8 Å². The van der Waals surface area contributed by atoms with Crippen molar-refractivity contribution < 1.29 is 0 Å². The summed E-state index contributed by atoms with van der Waals surface area (Å²) in [5.41, 5.74) is 0.705. The molecule has 0 atom stereocenters. The first-order valence-electron chi connectivity index (χ1n) is 7.29. The Morgan fingerprint density at radius 1 is 1.26 bits per heavy atom. The van der Waals surface area contributed by atoms with E-state index in [1.165, 1.54) is 29.3 Å². The summed E-state index contributed by atoms with van der Waals surface area (Å²) in [6.07, 6.45) is 1.33. The van der Waals surface area contributed by atoms with E-state index < -0.39 is 0 Å². The van der Waals surface area contributed by atoms with Crippen molar-refractivity contribution in [2.75, 3.05) is 13.1 Å². The molecule has 0 aliphatic carbocycles. The minimum atomic E-state index is 0.198. The third-order valence-corrected chi connectivity index (χ3v) is 4.72. The van der Waals surface area contributed by atoms with Gasteiger partial charge in [0.2, 0.25) is 0 Å². The number of hydrogen-bond donors (Lipinski definition) is 1. The summed E-state index contributed by atoms with van der Waals surface area (Å²) in [6, 6.07) is 4.58. The summed E-state index contributed by atoms with van der Waals surface area (Å²) in [4.78, 5) is 5.54. The number of hydrogen-bond acceptors (Lipinski definition) is 3. The summed E-state index contributed by atoms with van der Waals surface area (Å²) in [5.74, 6) is 0. The highest BCUT2D eigenvalue weighted by Gasteiger charge is 2.29. The van der Waals surface area contributed by atoms with Gasteiger partial charge in [0, 0.05) is 34.9 Å². The summed E-state index contributed by atoms with van der Waals surface area (Å²) >= 11 is 1.96. The second kappa shape index (κ2) is 5.55. The molecule has 0 amide bonds. The normalized spacial score (nSPS) is 20.1. The average molecular weight is 280 g/mol. The molecule has 108 valence electrons. The molecule has 0 radical (unpaired) electrons. The van der Waals surface area contributed by atoms with E-state index in [4.69, 9.17) is 0 Å². The Kier molecular flexibility index (Phi) is 4.38. The molecule has 3 heteroatoms. The van der Waals surface area contributed by atoms with Gasteiger partial charge in [-0.2, -0.15) is 0 Å². The third kappa shape index (κ3) is 4.90. The lowest BCUT2D eigenvalue weighted by Gasteiger charge is -2.20. The molecule has 1 fully saturated rings. The number of nitrogens with one attached hydrogen (secondary N) is 1. The van der Waals surface area contributed by atoms with Crippen LogP contribution in [-0.2, 0) is 13.1 Å². The largest absolute Gasteiger partial charge is 0.307 e. The van der Waals surface area contributed by atoms with Crippen molar-refractivity contribution in [2.45, 2.75) is 59.7 Å². The fourth-order valence-corrected chi connectivity index (χ4v) is 3.53. The van der Waals surface area contributed by atoms with E-state index in [2.05, 4.69) is 57.0 Å². The molecule has 1 aliphatic rings. The SMILES string of the molecule is CC1(C)CCN(Cc2ccc(CNC(C)(C)C)s2)C1. The van der Waals surface area contributed by atoms with Crippen molar-refractivity contribution >= 4 is 11.3 Å². The lowest BCUT2D eigenvalue weighted by Crippen LogP contribution is -2.34. The third-order valence-electron chi connectivity index (χ3n) is 3.65. The molecule has 2 rings (SSSR count). The predicted molar refractivity (Wildman–Crippen MR) is 84.6 cm³/mol. The highest BCUT2D eigenvalue weighted by atomic mass is 32.1. The van der Waals surface area contributed by atoms with E-state index >= 15 is 0 Å². The van der Waals surface area contributed by atoms with Gasteiger partial charge in [-0.05, 0) is 51.3 Å². The Morgan fingerprint density at radius 3 is 2.53 bits per heavy atom.